The van der Waals surface area contributed by atoms with Gasteiger partial charge in [-0.1, -0.05) is 26.0 Å². The van der Waals surface area contributed by atoms with Crippen LogP contribution in [-0.2, 0) is 11.3 Å². The Balaban J connectivity index is 0.00000341. The van der Waals surface area contributed by atoms with Crippen molar-refractivity contribution in [1.29, 1.82) is 0 Å². The number of aliphatic imine (C=N–C) groups is 1. The van der Waals surface area contributed by atoms with Gasteiger partial charge in [0.05, 0.1) is 5.00 Å². The second-order valence-corrected chi connectivity index (χ2v) is 8.71. The SMILES string of the molecule is CCC(C)C(=O)Nc1cccc(CNC(=NC)NC2CCN(c3cccs3)CC2)c1.I. The summed E-state index contributed by atoms with van der Waals surface area (Å²) in [5, 5.41) is 13.5. The Hall–Kier alpha value is -1.81. The van der Waals surface area contributed by atoms with Crippen LogP contribution in [0.4, 0.5) is 10.7 Å². The van der Waals surface area contributed by atoms with Gasteiger partial charge in [-0.25, -0.2) is 0 Å². The number of guanidine groups is 1. The lowest BCUT2D eigenvalue weighted by Gasteiger charge is -2.33. The summed E-state index contributed by atoms with van der Waals surface area (Å²) in [6.07, 6.45) is 3.02. The van der Waals surface area contributed by atoms with E-state index in [-0.39, 0.29) is 35.8 Å². The zero-order chi connectivity index (χ0) is 21.3. The van der Waals surface area contributed by atoms with Crippen molar-refractivity contribution in [2.24, 2.45) is 10.9 Å². The third-order valence-electron chi connectivity index (χ3n) is 5.59. The topological polar surface area (TPSA) is 68.8 Å². The molecule has 1 aliphatic heterocycles. The van der Waals surface area contributed by atoms with Crippen molar-refractivity contribution in [3.8, 4) is 0 Å². The van der Waals surface area contributed by atoms with E-state index in [9.17, 15) is 4.79 Å². The highest BCUT2D eigenvalue weighted by molar-refractivity contribution is 14.0. The molecule has 1 atom stereocenters. The van der Waals surface area contributed by atoms with Crippen LogP contribution in [0, 0.1) is 5.92 Å². The normalized spacial score (nSPS) is 15.7. The second kappa shape index (κ2) is 12.9. The molecule has 1 unspecified atom stereocenters. The number of rotatable bonds is 7. The van der Waals surface area contributed by atoms with Crippen molar-refractivity contribution in [2.75, 3.05) is 30.4 Å². The molecule has 1 aromatic heterocycles. The van der Waals surface area contributed by atoms with Crippen molar-refractivity contribution in [2.45, 2.75) is 45.7 Å². The van der Waals surface area contributed by atoms with E-state index in [2.05, 4.69) is 49.4 Å². The summed E-state index contributed by atoms with van der Waals surface area (Å²) in [4.78, 5) is 19.0. The molecule has 1 aromatic carbocycles. The first-order valence-electron chi connectivity index (χ1n) is 10.7. The van der Waals surface area contributed by atoms with Crippen molar-refractivity contribution in [1.82, 2.24) is 10.6 Å². The van der Waals surface area contributed by atoms with Crippen LogP contribution in [0.15, 0.2) is 46.8 Å². The van der Waals surface area contributed by atoms with Gasteiger partial charge in [-0.15, -0.1) is 35.3 Å². The van der Waals surface area contributed by atoms with E-state index in [4.69, 9.17) is 0 Å². The molecule has 0 radical (unpaired) electrons. The first kappa shape index (κ1) is 25.5. The van der Waals surface area contributed by atoms with E-state index >= 15 is 0 Å². The molecule has 1 saturated heterocycles. The molecule has 1 aliphatic rings. The number of nitrogens with zero attached hydrogens (tertiary/aromatic N) is 2. The first-order chi connectivity index (χ1) is 14.6. The fourth-order valence-electron chi connectivity index (χ4n) is 3.48. The average Bonchev–Trinajstić information content (AvgIpc) is 3.31. The van der Waals surface area contributed by atoms with Gasteiger partial charge < -0.3 is 20.9 Å². The maximum Gasteiger partial charge on any atom is 0.227 e. The van der Waals surface area contributed by atoms with Gasteiger partial charge in [0.15, 0.2) is 5.96 Å². The Morgan fingerprint density at radius 1 is 1.26 bits per heavy atom. The van der Waals surface area contributed by atoms with E-state index in [0.29, 0.717) is 12.6 Å². The summed E-state index contributed by atoms with van der Waals surface area (Å²) in [6.45, 7) is 6.75. The molecular formula is C23H34IN5OS. The Kier molecular flexibility index (Phi) is 10.6. The fourth-order valence-corrected chi connectivity index (χ4v) is 4.26. The molecule has 6 nitrogen and oxygen atoms in total. The fraction of sp³-hybridized carbons (Fsp3) is 0.478. The van der Waals surface area contributed by atoms with E-state index in [0.717, 1.165) is 49.6 Å². The van der Waals surface area contributed by atoms with Crippen LogP contribution in [0.5, 0.6) is 0 Å². The molecule has 0 saturated carbocycles. The van der Waals surface area contributed by atoms with Crippen LogP contribution in [0.3, 0.4) is 0 Å². The van der Waals surface area contributed by atoms with Gasteiger partial charge in [0.2, 0.25) is 5.91 Å². The van der Waals surface area contributed by atoms with Crippen LogP contribution in [-0.4, -0.2) is 38.0 Å². The van der Waals surface area contributed by atoms with Gasteiger partial charge in [-0.3, -0.25) is 9.79 Å². The number of thiophene rings is 1. The number of hydrogen-bond acceptors (Lipinski definition) is 4. The number of benzene rings is 1. The van der Waals surface area contributed by atoms with E-state index in [1.54, 1.807) is 18.4 Å². The highest BCUT2D eigenvalue weighted by Gasteiger charge is 2.20. The molecule has 2 heterocycles. The van der Waals surface area contributed by atoms with Gasteiger partial charge >= 0.3 is 0 Å². The smallest absolute Gasteiger partial charge is 0.227 e. The molecule has 1 fully saturated rings. The highest BCUT2D eigenvalue weighted by Crippen LogP contribution is 2.24. The minimum Gasteiger partial charge on any atom is -0.363 e. The molecule has 2 aromatic rings. The number of nitrogens with one attached hydrogen (secondary N) is 3. The molecule has 1 amide bonds. The lowest BCUT2D eigenvalue weighted by molar-refractivity contribution is -0.119. The summed E-state index contributed by atoms with van der Waals surface area (Å²) in [7, 11) is 1.80. The molecule has 3 rings (SSSR count). The third-order valence-corrected chi connectivity index (χ3v) is 6.52. The van der Waals surface area contributed by atoms with Gasteiger partial charge in [0.1, 0.15) is 0 Å². The van der Waals surface area contributed by atoms with Crippen LogP contribution < -0.4 is 20.9 Å². The predicted octanol–water partition coefficient (Wildman–Crippen LogP) is 4.68. The molecular weight excluding hydrogens is 521 g/mol. The van der Waals surface area contributed by atoms with Crippen molar-refractivity contribution < 1.29 is 4.79 Å². The standard InChI is InChI=1S/C23H33N5OS.HI/c1-4-17(2)22(29)26-20-8-5-7-18(15-20)16-25-23(24-3)27-19-10-12-28(13-11-19)21-9-6-14-30-21;/h5-9,14-15,17,19H,4,10-13,16H2,1-3H3,(H,26,29)(H2,24,25,27);1H. The highest BCUT2D eigenvalue weighted by atomic mass is 127. The van der Waals surface area contributed by atoms with Gasteiger partial charge in [-0.2, -0.15) is 0 Å². The third kappa shape index (κ3) is 7.68. The Morgan fingerprint density at radius 3 is 2.68 bits per heavy atom. The Labute approximate surface area is 206 Å². The van der Waals surface area contributed by atoms with Gasteiger partial charge in [-0.05, 0) is 54.5 Å². The van der Waals surface area contributed by atoms with E-state index in [1.165, 1.54) is 5.00 Å². The summed E-state index contributed by atoms with van der Waals surface area (Å²) in [5.74, 6) is 0.897. The van der Waals surface area contributed by atoms with Crippen molar-refractivity contribution in [3.05, 3.63) is 47.3 Å². The van der Waals surface area contributed by atoms with Crippen LogP contribution >= 0.6 is 35.3 Å². The quantitative estimate of drug-likeness (QED) is 0.264. The molecule has 0 aliphatic carbocycles. The van der Waals surface area contributed by atoms with Crippen LogP contribution in [0.25, 0.3) is 0 Å². The molecule has 0 spiro atoms. The number of amides is 1. The van der Waals surface area contributed by atoms with Crippen LogP contribution in [0.2, 0.25) is 0 Å². The van der Waals surface area contributed by atoms with Crippen molar-refractivity contribution >= 4 is 57.9 Å². The van der Waals surface area contributed by atoms with Crippen LogP contribution in [0.1, 0.15) is 38.7 Å². The zero-order valence-corrected chi connectivity index (χ0v) is 21.7. The number of carbonyl (C=O) groups is 1. The van der Waals surface area contributed by atoms with Crippen molar-refractivity contribution in [3.63, 3.8) is 0 Å². The van der Waals surface area contributed by atoms with Gasteiger partial charge in [0, 0.05) is 44.3 Å². The number of halogens is 1. The molecule has 8 heteroatoms. The summed E-state index contributed by atoms with van der Waals surface area (Å²) < 4.78 is 0. The predicted molar refractivity (Wildman–Crippen MR) is 143 cm³/mol. The minimum absolute atomic E-state index is 0. The molecule has 31 heavy (non-hydrogen) atoms. The van der Waals surface area contributed by atoms with E-state index < -0.39 is 0 Å². The number of hydrogen-bond donors (Lipinski definition) is 3. The van der Waals surface area contributed by atoms with Gasteiger partial charge in [0.25, 0.3) is 0 Å². The maximum atomic E-state index is 12.1. The largest absolute Gasteiger partial charge is 0.363 e. The maximum absolute atomic E-state index is 12.1. The molecule has 3 N–H and O–H groups in total. The second-order valence-electron chi connectivity index (χ2n) is 7.78. The summed E-state index contributed by atoms with van der Waals surface area (Å²) >= 11 is 1.81. The number of anilines is 2. The number of carbonyl (C=O) groups excluding carboxylic acids is 1. The summed E-state index contributed by atoms with van der Waals surface area (Å²) in [5.41, 5.74) is 1.94. The van der Waals surface area contributed by atoms with E-state index in [1.807, 2.05) is 32.0 Å². The average molecular weight is 556 g/mol. The molecule has 170 valence electrons. The Bertz CT molecular complexity index is 834. The summed E-state index contributed by atoms with van der Waals surface area (Å²) in [6, 6.07) is 12.7. The monoisotopic (exact) mass is 555 g/mol. The first-order valence-corrected chi connectivity index (χ1v) is 11.6. The minimum atomic E-state index is 0. The lowest BCUT2D eigenvalue weighted by atomic mass is 10.1. The Morgan fingerprint density at radius 2 is 2.03 bits per heavy atom. The zero-order valence-electron chi connectivity index (χ0n) is 18.6. The number of piperidine rings is 1. The molecule has 0 bridgehead atoms. The lowest BCUT2D eigenvalue weighted by Crippen LogP contribution is -2.48.